The van der Waals surface area contributed by atoms with Gasteiger partial charge in [0.1, 0.15) is 0 Å². The number of unbranched alkanes of at least 4 members (excludes halogenated alkanes) is 5. The van der Waals surface area contributed by atoms with Crippen molar-refractivity contribution in [1.29, 1.82) is 0 Å². The summed E-state index contributed by atoms with van der Waals surface area (Å²) in [5.74, 6) is 0. The van der Waals surface area contributed by atoms with Crippen molar-refractivity contribution in [1.82, 2.24) is 5.14 Å². The molecule has 0 aliphatic carbocycles. The summed E-state index contributed by atoms with van der Waals surface area (Å²) < 4.78 is 24.7. The molecule has 1 N–H and O–H groups in total. The van der Waals surface area contributed by atoms with Crippen LogP contribution in [0.5, 0.6) is 0 Å². The summed E-state index contributed by atoms with van der Waals surface area (Å²) in [6, 6.07) is 0. The second-order valence-electron chi connectivity index (χ2n) is 3.04. The van der Waals surface area contributed by atoms with Crippen molar-refractivity contribution in [2.45, 2.75) is 45.4 Å². The number of nitrogens with one attached hydrogen (secondary N) is 1. The third-order valence-electron chi connectivity index (χ3n) is 1.74. The van der Waals surface area contributed by atoms with E-state index in [1.807, 2.05) is 0 Å². The van der Waals surface area contributed by atoms with Gasteiger partial charge < -0.3 is 0 Å². The van der Waals surface area contributed by atoms with Crippen LogP contribution in [0.25, 0.3) is 0 Å². The van der Waals surface area contributed by atoms with Crippen molar-refractivity contribution < 1.29 is 12.6 Å². The zero-order chi connectivity index (χ0) is 10.2. The molecule has 79 valence electrons. The maximum atomic E-state index is 10.2. The molecular formula is C8H18NO3S. The first-order valence-electron chi connectivity index (χ1n) is 4.70. The maximum absolute atomic E-state index is 10.2. The highest BCUT2D eigenvalue weighted by Gasteiger charge is 2.01. The molecule has 0 saturated carbocycles. The molecule has 0 bridgehead atoms. The van der Waals surface area contributed by atoms with Crippen LogP contribution in [0.1, 0.15) is 45.4 Å². The molecule has 0 aromatic rings. The summed E-state index contributed by atoms with van der Waals surface area (Å²) in [5, 5.41) is 6.43. The van der Waals surface area contributed by atoms with Gasteiger partial charge in [-0.15, -0.1) is 5.14 Å². The minimum atomic E-state index is -3.97. The third kappa shape index (κ3) is 11.9. The number of hydrogen-bond donors (Lipinski definition) is 0. The lowest BCUT2D eigenvalue weighted by Gasteiger charge is -2.00. The second kappa shape index (κ2) is 7.29. The molecule has 0 aromatic carbocycles. The standard InChI is InChI=1S/C8H18NO3S/c1-2-3-4-5-6-7-8-12-13(9,10)11/h9H,2-8H2,1H3. The Balaban J connectivity index is 3.09. The fourth-order valence-electron chi connectivity index (χ4n) is 1.05. The van der Waals surface area contributed by atoms with Gasteiger partial charge in [0.25, 0.3) is 0 Å². The highest BCUT2D eigenvalue weighted by molar-refractivity contribution is 7.84. The monoisotopic (exact) mass is 208 g/mol. The molecule has 0 fully saturated rings. The van der Waals surface area contributed by atoms with E-state index < -0.39 is 10.3 Å². The van der Waals surface area contributed by atoms with E-state index in [-0.39, 0.29) is 6.61 Å². The minimum absolute atomic E-state index is 0.151. The Labute approximate surface area is 80.7 Å². The predicted octanol–water partition coefficient (Wildman–Crippen LogP) is 1.89. The Kier molecular flexibility index (Phi) is 7.22. The molecule has 0 amide bonds. The Morgan fingerprint density at radius 2 is 1.62 bits per heavy atom. The van der Waals surface area contributed by atoms with Crippen LogP contribution in [0.2, 0.25) is 0 Å². The van der Waals surface area contributed by atoms with Crippen LogP contribution in [0, 0.1) is 0 Å². The smallest absolute Gasteiger partial charge is 0.257 e. The van der Waals surface area contributed by atoms with E-state index in [9.17, 15) is 8.42 Å². The van der Waals surface area contributed by atoms with Gasteiger partial charge in [-0.2, -0.15) is 8.42 Å². The van der Waals surface area contributed by atoms with Crippen LogP contribution >= 0.6 is 0 Å². The normalized spacial score (nSPS) is 11.8. The first kappa shape index (κ1) is 12.9. The average Bonchev–Trinajstić information content (AvgIpc) is 2.01. The van der Waals surface area contributed by atoms with Crippen molar-refractivity contribution >= 4 is 10.3 Å². The molecule has 4 nitrogen and oxygen atoms in total. The molecule has 5 heteroatoms. The van der Waals surface area contributed by atoms with E-state index in [4.69, 9.17) is 5.14 Å². The van der Waals surface area contributed by atoms with Crippen LogP contribution in [0.4, 0.5) is 0 Å². The topological polar surface area (TPSA) is 67.2 Å². The highest BCUT2D eigenvalue weighted by Crippen LogP contribution is 2.05. The van der Waals surface area contributed by atoms with Crippen molar-refractivity contribution in [2.24, 2.45) is 0 Å². The SMILES string of the molecule is CCCCCCCCOS([NH])(=O)=O. The van der Waals surface area contributed by atoms with Gasteiger partial charge >= 0.3 is 10.3 Å². The van der Waals surface area contributed by atoms with Gasteiger partial charge in [0, 0.05) is 0 Å². The Bertz CT molecular complexity index is 201. The van der Waals surface area contributed by atoms with Crippen LogP contribution in [-0.2, 0) is 14.5 Å². The summed E-state index contributed by atoms with van der Waals surface area (Å²) in [6.07, 6.45) is 6.46. The molecule has 0 unspecified atom stereocenters. The first-order chi connectivity index (χ1) is 6.06. The molecule has 0 aliphatic rings. The number of rotatable bonds is 8. The molecule has 0 spiro atoms. The van der Waals surface area contributed by atoms with Crippen molar-refractivity contribution in [3.05, 3.63) is 0 Å². The fourth-order valence-corrected chi connectivity index (χ4v) is 1.39. The van der Waals surface area contributed by atoms with Crippen LogP contribution in [0.15, 0.2) is 0 Å². The third-order valence-corrected chi connectivity index (χ3v) is 2.21. The second-order valence-corrected chi connectivity index (χ2v) is 4.19. The first-order valence-corrected chi connectivity index (χ1v) is 6.11. The zero-order valence-electron chi connectivity index (χ0n) is 8.08. The lowest BCUT2D eigenvalue weighted by molar-refractivity contribution is 0.306. The minimum Gasteiger partial charge on any atom is -0.257 e. The van der Waals surface area contributed by atoms with Gasteiger partial charge in [-0.05, 0) is 6.42 Å². The lowest BCUT2D eigenvalue weighted by atomic mass is 10.1. The van der Waals surface area contributed by atoms with Crippen molar-refractivity contribution in [2.75, 3.05) is 6.61 Å². The van der Waals surface area contributed by atoms with E-state index >= 15 is 0 Å². The van der Waals surface area contributed by atoms with Crippen LogP contribution in [-0.4, -0.2) is 15.0 Å². The Morgan fingerprint density at radius 3 is 2.15 bits per heavy atom. The maximum Gasteiger partial charge on any atom is 0.349 e. The van der Waals surface area contributed by atoms with Gasteiger partial charge in [-0.1, -0.05) is 39.0 Å². The molecule has 13 heavy (non-hydrogen) atoms. The Morgan fingerprint density at radius 1 is 1.08 bits per heavy atom. The van der Waals surface area contributed by atoms with Gasteiger partial charge in [0.2, 0.25) is 0 Å². The largest absolute Gasteiger partial charge is 0.349 e. The summed E-state index contributed by atoms with van der Waals surface area (Å²) in [4.78, 5) is 0. The number of hydrogen-bond acceptors (Lipinski definition) is 3. The van der Waals surface area contributed by atoms with E-state index in [2.05, 4.69) is 11.1 Å². The molecule has 0 aliphatic heterocycles. The van der Waals surface area contributed by atoms with Crippen molar-refractivity contribution in [3.8, 4) is 0 Å². The zero-order valence-corrected chi connectivity index (χ0v) is 8.90. The quantitative estimate of drug-likeness (QED) is 0.572. The van der Waals surface area contributed by atoms with Crippen LogP contribution in [0.3, 0.4) is 0 Å². The van der Waals surface area contributed by atoms with E-state index in [1.165, 1.54) is 19.3 Å². The molecule has 1 radical (unpaired) electrons. The van der Waals surface area contributed by atoms with E-state index in [1.54, 1.807) is 0 Å². The van der Waals surface area contributed by atoms with Gasteiger partial charge in [-0.3, -0.25) is 4.18 Å². The van der Waals surface area contributed by atoms with Crippen LogP contribution < -0.4 is 5.14 Å². The fraction of sp³-hybridized carbons (Fsp3) is 1.00. The molecular weight excluding hydrogens is 190 g/mol. The molecule has 0 atom stereocenters. The lowest BCUT2D eigenvalue weighted by Crippen LogP contribution is -2.06. The predicted molar refractivity (Wildman–Crippen MR) is 51.3 cm³/mol. The van der Waals surface area contributed by atoms with Gasteiger partial charge in [0.15, 0.2) is 0 Å². The molecule has 0 rings (SSSR count). The summed E-state index contributed by atoms with van der Waals surface area (Å²) in [5.41, 5.74) is 0. The molecule has 0 saturated heterocycles. The summed E-state index contributed by atoms with van der Waals surface area (Å²) >= 11 is 0. The summed E-state index contributed by atoms with van der Waals surface area (Å²) in [6.45, 7) is 2.30. The van der Waals surface area contributed by atoms with Gasteiger partial charge in [-0.25, -0.2) is 0 Å². The Hall–Kier alpha value is -0.130. The van der Waals surface area contributed by atoms with E-state index in [0.29, 0.717) is 0 Å². The molecule has 0 aromatic heterocycles. The summed E-state index contributed by atoms with van der Waals surface area (Å²) in [7, 11) is -3.97. The average molecular weight is 208 g/mol. The van der Waals surface area contributed by atoms with E-state index in [0.717, 1.165) is 19.3 Å². The molecule has 0 heterocycles. The van der Waals surface area contributed by atoms with Gasteiger partial charge in [0.05, 0.1) is 6.61 Å². The highest BCUT2D eigenvalue weighted by atomic mass is 32.2. The van der Waals surface area contributed by atoms with Crippen molar-refractivity contribution in [3.63, 3.8) is 0 Å².